The lowest BCUT2D eigenvalue weighted by Crippen LogP contribution is -2.48. The first kappa shape index (κ1) is 31.3. The molecule has 3 atom stereocenters. The zero-order valence-corrected chi connectivity index (χ0v) is 26.3. The number of piperidine rings is 1. The molecule has 6 heteroatoms. The van der Waals surface area contributed by atoms with Gasteiger partial charge < -0.3 is 19.4 Å². The van der Waals surface area contributed by atoms with Gasteiger partial charge in [-0.25, -0.2) is 4.79 Å². The number of carbonyl (C=O) groups is 2. The molecule has 6 nitrogen and oxygen atoms in total. The Morgan fingerprint density at radius 2 is 1.60 bits per heavy atom. The molecular formula is C37H51N3O3. The van der Waals surface area contributed by atoms with Crippen molar-refractivity contribution in [2.75, 3.05) is 26.2 Å². The monoisotopic (exact) mass is 585 g/mol. The molecule has 0 radical (unpaired) electrons. The highest BCUT2D eigenvalue weighted by atomic mass is 16.6. The van der Waals surface area contributed by atoms with Crippen molar-refractivity contribution in [3.8, 4) is 0 Å². The Hall–Kier alpha value is -3.12. The van der Waals surface area contributed by atoms with E-state index in [1.807, 2.05) is 29.2 Å². The molecule has 5 rings (SSSR count). The maximum Gasteiger partial charge on any atom is 0.410 e. The van der Waals surface area contributed by atoms with Crippen LogP contribution in [0.15, 0.2) is 67.3 Å². The van der Waals surface area contributed by atoms with E-state index in [0.29, 0.717) is 30.5 Å². The highest BCUT2D eigenvalue weighted by Crippen LogP contribution is 2.44. The van der Waals surface area contributed by atoms with Gasteiger partial charge in [-0.15, -0.1) is 6.58 Å². The number of ether oxygens (including phenoxy) is 1. The summed E-state index contributed by atoms with van der Waals surface area (Å²) in [6.07, 6.45) is 11.6. The van der Waals surface area contributed by atoms with E-state index in [1.165, 1.54) is 30.4 Å². The van der Waals surface area contributed by atoms with E-state index in [1.54, 1.807) is 13.0 Å². The summed E-state index contributed by atoms with van der Waals surface area (Å²) in [6, 6.07) is 20.0. The maximum absolute atomic E-state index is 13.1. The molecule has 2 saturated carbocycles. The number of likely N-dealkylation sites (tertiary alicyclic amines) is 1. The minimum absolute atomic E-state index is 0.153. The number of hydrogen-bond acceptors (Lipinski definition) is 4. The molecule has 1 unspecified atom stereocenters. The zero-order valence-electron chi connectivity index (χ0n) is 26.3. The summed E-state index contributed by atoms with van der Waals surface area (Å²) < 4.78 is 5.73. The average molecular weight is 586 g/mol. The second-order valence-corrected chi connectivity index (χ2v) is 13.1. The van der Waals surface area contributed by atoms with Crippen molar-refractivity contribution in [2.24, 2.45) is 5.92 Å². The molecule has 1 aliphatic heterocycles. The van der Waals surface area contributed by atoms with Crippen LogP contribution in [0.2, 0.25) is 0 Å². The first-order valence-corrected chi connectivity index (χ1v) is 16.6. The van der Waals surface area contributed by atoms with Crippen LogP contribution in [0.1, 0.15) is 87.3 Å². The molecule has 2 aliphatic carbocycles. The van der Waals surface area contributed by atoms with E-state index in [-0.39, 0.29) is 24.6 Å². The van der Waals surface area contributed by atoms with Crippen LogP contribution in [0.4, 0.5) is 4.79 Å². The minimum Gasteiger partial charge on any atom is -0.445 e. The normalized spacial score (nSPS) is 23.5. The first-order chi connectivity index (χ1) is 20.9. The molecule has 1 saturated heterocycles. The van der Waals surface area contributed by atoms with Crippen molar-refractivity contribution in [2.45, 2.75) is 102 Å². The van der Waals surface area contributed by atoms with Gasteiger partial charge in [0.25, 0.3) is 0 Å². The van der Waals surface area contributed by atoms with Crippen LogP contribution < -0.4 is 0 Å². The van der Waals surface area contributed by atoms with Gasteiger partial charge in [-0.2, -0.15) is 0 Å². The molecule has 3 fully saturated rings. The van der Waals surface area contributed by atoms with Gasteiger partial charge in [-0.05, 0) is 68.4 Å². The quantitative estimate of drug-likeness (QED) is 0.274. The van der Waals surface area contributed by atoms with Gasteiger partial charge in [-0.1, -0.05) is 85.5 Å². The Morgan fingerprint density at radius 3 is 2.26 bits per heavy atom. The number of carbonyl (C=O) groups excluding carboxylic acids is 2. The summed E-state index contributed by atoms with van der Waals surface area (Å²) in [7, 11) is 0. The summed E-state index contributed by atoms with van der Waals surface area (Å²) in [6.45, 7) is 11.5. The molecule has 2 amide bonds. The second kappa shape index (κ2) is 15.1. The van der Waals surface area contributed by atoms with Crippen LogP contribution >= 0.6 is 0 Å². The Bertz CT molecular complexity index is 1190. The van der Waals surface area contributed by atoms with E-state index in [2.05, 4.69) is 53.6 Å². The number of nitrogens with zero attached hydrogens (tertiary/aromatic N) is 3. The minimum atomic E-state index is -0.256. The molecule has 0 N–H and O–H groups in total. The van der Waals surface area contributed by atoms with E-state index in [4.69, 9.17) is 4.74 Å². The largest absolute Gasteiger partial charge is 0.445 e. The van der Waals surface area contributed by atoms with Crippen molar-refractivity contribution in [3.63, 3.8) is 0 Å². The number of aryl methyl sites for hydroxylation is 1. The summed E-state index contributed by atoms with van der Waals surface area (Å²) >= 11 is 0. The van der Waals surface area contributed by atoms with Gasteiger partial charge in [0.05, 0.1) is 0 Å². The van der Waals surface area contributed by atoms with Gasteiger partial charge >= 0.3 is 6.09 Å². The highest BCUT2D eigenvalue weighted by molar-refractivity contribution is 5.74. The van der Waals surface area contributed by atoms with E-state index >= 15 is 0 Å². The molecule has 2 aromatic carbocycles. The first-order valence-electron chi connectivity index (χ1n) is 16.6. The van der Waals surface area contributed by atoms with Crippen molar-refractivity contribution in [3.05, 3.63) is 83.9 Å². The van der Waals surface area contributed by atoms with Gasteiger partial charge in [0.1, 0.15) is 6.61 Å². The molecule has 0 aromatic heterocycles. The number of amides is 2. The number of rotatable bonds is 10. The van der Waals surface area contributed by atoms with Gasteiger partial charge in [-0.3, -0.25) is 4.79 Å². The Labute approximate surface area is 259 Å². The van der Waals surface area contributed by atoms with Gasteiger partial charge in [0.15, 0.2) is 0 Å². The Kier molecular flexibility index (Phi) is 11.0. The molecule has 43 heavy (non-hydrogen) atoms. The Balaban J connectivity index is 1.20. The van der Waals surface area contributed by atoms with Crippen molar-refractivity contribution >= 4 is 12.0 Å². The lowest BCUT2D eigenvalue weighted by atomic mass is 9.88. The lowest BCUT2D eigenvalue weighted by Gasteiger charge is -2.39. The molecule has 1 heterocycles. The standard InChI is InChI=1S/C37H51N3O3/c1-4-21-39(37(42)43-27-30-17-15-28(2)16-18-30)33-19-22-38(23-20-33)26-32-24-35(25-36(32)31-11-7-5-8-12-31)40(29(3)41)34-13-9-6-10-14-34/h4-5,7-8,11-12,15-18,32-36H,1,6,9-10,13-14,19-27H2,2-3H3/t32-,35?,36-/m1/s1. The molecule has 0 bridgehead atoms. The average Bonchev–Trinajstić information content (AvgIpc) is 3.43. The van der Waals surface area contributed by atoms with E-state index in [0.717, 1.165) is 63.7 Å². The fraction of sp³-hybridized carbons (Fsp3) is 0.568. The van der Waals surface area contributed by atoms with Gasteiger partial charge in [0, 0.05) is 51.2 Å². The second-order valence-electron chi connectivity index (χ2n) is 13.1. The van der Waals surface area contributed by atoms with Crippen LogP contribution in [-0.2, 0) is 16.1 Å². The third kappa shape index (κ3) is 8.08. The van der Waals surface area contributed by atoms with Crippen LogP contribution in [0.3, 0.4) is 0 Å². The fourth-order valence-corrected chi connectivity index (χ4v) is 7.97. The lowest BCUT2D eigenvalue weighted by molar-refractivity contribution is -0.134. The van der Waals surface area contributed by atoms with Crippen LogP contribution in [0.5, 0.6) is 0 Å². The molecule has 0 spiro atoms. The summed E-state index contributed by atoms with van der Waals surface area (Å²) in [5.41, 5.74) is 3.60. The number of hydrogen-bond donors (Lipinski definition) is 0. The topological polar surface area (TPSA) is 53.1 Å². The summed E-state index contributed by atoms with van der Waals surface area (Å²) in [5.74, 6) is 1.23. The Morgan fingerprint density at radius 1 is 0.907 bits per heavy atom. The van der Waals surface area contributed by atoms with Crippen molar-refractivity contribution in [1.82, 2.24) is 14.7 Å². The molecule has 2 aromatic rings. The summed E-state index contributed by atoms with van der Waals surface area (Å²) in [4.78, 5) is 32.9. The van der Waals surface area contributed by atoms with E-state index in [9.17, 15) is 9.59 Å². The third-order valence-electron chi connectivity index (χ3n) is 10.2. The predicted molar refractivity (Wildman–Crippen MR) is 173 cm³/mol. The SMILES string of the molecule is C=CCN(C(=O)OCc1ccc(C)cc1)C1CCN(C[C@H]2CC(N(C(C)=O)C3CCCCC3)C[C@@H]2c2ccccc2)CC1. The van der Waals surface area contributed by atoms with Crippen molar-refractivity contribution in [1.29, 1.82) is 0 Å². The van der Waals surface area contributed by atoms with Crippen molar-refractivity contribution < 1.29 is 14.3 Å². The van der Waals surface area contributed by atoms with Crippen LogP contribution in [-0.4, -0.2) is 71.0 Å². The predicted octanol–water partition coefficient (Wildman–Crippen LogP) is 7.33. The van der Waals surface area contributed by atoms with E-state index < -0.39 is 0 Å². The van der Waals surface area contributed by atoms with Gasteiger partial charge in [0.2, 0.25) is 5.91 Å². The molecule has 232 valence electrons. The smallest absolute Gasteiger partial charge is 0.410 e. The fourth-order valence-electron chi connectivity index (χ4n) is 7.97. The molecule has 3 aliphatic rings. The van der Waals surface area contributed by atoms with Crippen LogP contribution in [0.25, 0.3) is 0 Å². The number of benzene rings is 2. The highest BCUT2D eigenvalue weighted by Gasteiger charge is 2.42. The molecular weight excluding hydrogens is 534 g/mol. The van der Waals surface area contributed by atoms with Crippen LogP contribution in [0, 0.1) is 12.8 Å². The maximum atomic E-state index is 13.1. The zero-order chi connectivity index (χ0) is 30.2. The third-order valence-corrected chi connectivity index (χ3v) is 10.2. The summed E-state index contributed by atoms with van der Waals surface area (Å²) in [5, 5.41) is 0.